The van der Waals surface area contributed by atoms with E-state index in [2.05, 4.69) is 10.4 Å². The molecule has 1 aromatic rings. The van der Waals surface area contributed by atoms with Crippen molar-refractivity contribution in [2.75, 3.05) is 32.5 Å². The lowest BCUT2D eigenvalue weighted by Crippen LogP contribution is -2.51. The third kappa shape index (κ3) is 4.00. The van der Waals surface area contributed by atoms with E-state index >= 15 is 0 Å². The second-order valence-corrected chi connectivity index (χ2v) is 6.89. The predicted octanol–water partition coefficient (Wildman–Crippen LogP) is 2.64. The molecule has 1 aliphatic rings. The molecule has 0 unspecified atom stereocenters. The number of hydrogen-bond donors (Lipinski definition) is 1. The van der Waals surface area contributed by atoms with Crippen LogP contribution < -0.4 is 5.32 Å². The van der Waals surface area contributed by atoms with Crippen molar-refractivity contribution in [3.05, 3.63) is 12.3 Å². The van der Waals surface area contributed by atoms with Gasteiger partial charge in [-0.25, -0.2) is 4.79 Å². The monoisotopic (exact) mass is 347 g/mol. The van der Waals surface area contributed by atoms with Crippen LogP contribution in [0.4, 0.5) is 23.8 Å². The van der Waals surface area contributed by atoms with E-state index in [0.717, 1.165) is 6.54 Å². The van der Waals surface area contributed by atoms with Crippen molar-refractivity contribution in [1.82, 2.24) is 19.6 Å². The van der Waals surface area contributed by atoms with Gasteiger partial charge in [0.1, 0.15) is 0 Å². The number of anilines is 1. The van der Waals surface area contributed by atoms with Crippen LogP contribution in [0, 0.1) is 5.92 Å². The Bertz CT molecular complexity index is 582. The van der Waals surface area contributed by atoms with Crippen molar-refractivity contribution in [3.63, 3.8) is 0 Å². The topological polar surface area (TPSA) is 53.4 Å². The first kappa shape index (κ1) is 18.6. The van der Waals surface area contributed by atoms with Gasteiger partial charge in [0.25, 0.3) is 0 Å². The molecule has 2 heterocycles. The molecule has 0 spiro atoms. The molecule has 1 N–H and O–H groups in total. The minimum atomic E-state index is -4.31. The van der Waals surface area contributed by atoms with Crippen LogP contribution in [-0.4, -0.2) is 64.5 Å². The van der Waals surface area contributed by atoms with Crippen LogP contribution in [0.25, 0.3) is 0 Å². The lowest BCUT2D eigenvalue weighted by molar-refractivity contribution is -0.189. The van der Waals surface area contributed by atoms with E-state index in [1.54, 1.807) is 16.9 Å². The highest BCUT2D eigenvalue weighted by Crippen LogP contribution is 2.44. The molecule has 6 nitrogen and oxygen atoms in total. The molecular formula is C15H24F3N5O. The van der Waals surface area contributed by atoms with Gasteiger partial charge in [-0.05, 0) is 34.4 Å². The normalized spacial score (nSPS) is 20.7. The van der Waals surface area contributed by atoms with Gasteiger partial charge in [0.2, 0.25) is 0 Å². The van der Waals surface area contributed by atoms with Gasteiger partial charge in [-0.15, -0.1) is 0 Å². The standard InChI is InChI=1S/C15H24F3N5O/c1-14(2)11(15(16,17)18)5-8-23(14)13(24)19-12-6-7-22(20-12)10-9-21(3)4/h6-7,11H,5,8-10H2,1-4H3,(H,19,20,24)/t11-/m1/s1. The van der Waals surface area contributed by atoms with E-state index < -0.39 is 23.7 Å². The largest absolute Gasteiger partial charge is 0.394 e. The zero-order valence-corrected chi connectivity index (χ0v) is 14.4. The van der Waals surface area contributed by atoms with Gasteiger partial charge in [-0.2, -0.15) is 18.3 Å². The molecular weight excluding hydrogens is 323 g/mol. The van der Waals surface area contributed by atoms with Crippen molar-refractivity contribution >= 4 is 11.8 Å². The molecule has 1 aromatic heterocycles. The van der Waals surface area contributed by atoms with E-state index in [1.165, 1.54) is 18.7 Å². The number of aromatic nitrogens is 2. The third-order valence-corrected chi connectivity index (χ3v) is 4.48. The lowest BCUT2D eigenvalue weighted by atomic mass is 9.88. The fourth-order valence-corrected chi connectivity index (χ4v) is 3.05. The summed E-state index contributed by atoms with van der Waals surface area (Å²) in [5.41, 5.74) is -1.28. The molecule has 1 saturated heterocycles. The Morgan fingerprint density at radius 1 is 1.46 bits per heavy atom. The van der Waals surface area contributed by atoms with E-state index in [9.17, 15) is 18.0 Å². The number of carbonyl (C=O) groups excluding carboxylic acids is 1. The molecule has 24 heavy (non-hydrogen) atoms. The molecule has 1 aliphatic heterocycles. The van der Waals surface area contributed by atoms with Crippen LogP contribution in [0.15, 0.2) is 12.3 Å². The summed E-state index contributed by atoms with van der Waals surface area (Å²) in [4.78, 5) is 15.6. The average Bonchev–Trinajstić information content (AvgIpc) is 2.99. The minimum Gasteiger partial charge on any atom is -0.319 e. The maximum atomic E-state index is 13.1. The summed E-state index contributed by atoms with van der Waals surface area (Å²) in [6, 6.07) is 1.09. The van der Waals surface area contributed by atoms with Gasteiger partial charge in [-0.1, -0.05) is 0 Å². The second-order valence-electron chi connectivity index (χ2n) is 6.89. The Morgan fingerprint density at radius 2 is 2.12 bits per heavy atom. The van der Waals surface area contributed by atoms with Crippen LogP contribution in [0.1, 0.15) is 20.3 Å². The minimum absolute atomic E-state index is 0.0738. The Labute approximate surface area is 139 Å². The van der Waals surface area contributed by atoms with E-state index in [-0.39, 0.29) is 13.0 Å². The summed E-state index contributed by atoms with van der Waals surface area (Å²) in [6.07, 6.45) is -2.67. The van der Waals surface area contributed by atoms with E-state index in [0.29, 0.717) is 12.4 Å². The van der Waals surface area contributed by atoms with Gasteiger partial charge >= 0.3 is 12.2 Å². The fourth-order valence-electron chi connectivity index (χ4n) is 3.05. The number of likely N-dealkylation sites (tertiary alicyclic amines) is 1. The summed E-state index contributed by atoms with van der Waals surface area (Å²) in [5, 5.41) is 6.81. The van der Waals surface area contributed by atoms with Crippen LogP contribution in [-0.2, 0) is 6.54 Å². The number of rotatable bonds is 4. The van der Waals surface area contributed by atoms with Gasteiger partial charge in [0, 0.05) is 25.4 Å². The number of amides is 2. The highest BCUT2D eigenvalue weighted by molar-refractivity contribution is 5.89. The highest BCUT2D eigenvalue weighted by Gasteiger charge is 2.56. The molecule has 2 amide bonds. The predicted molar refractivity (Wildman–Crippen MR) is 84.7 cm³/mol. The molecule has 0 aromatic carbocycles. The first-order chi connectivity index (χ1) is 11.0. The van der Waals surface area contributed by atoms with Gasteiger partial charge < -0.3 is 9.80 Å². The summed E-state index contributed by atoms with van der Waals surface area (Å²) < 4.78 is 41.0. The Balaban J connectivity index is 2.00. The zero-order valence-electron chi connectivity index (χ0n) is 14.4. The first-order valence-electron chi connectivity index (χ1n) is 7.85. The number of hydrogen-bond acceptors (Lipinski definition) is 3. The van der Waals surface area contributed by atoms with Gasteiger partial charge in [0.15, 0.2) is 5.82 Å². The van der Waals surface area contributed by atoms with Gasteiger partial charge in [-0.3, -0.25) is 10.00 Å². The quantitative estimate of drug-likeness (QED) is 0.911. The molecule has 1 atom stereocenters. The van der Waals surface area contributed by atoms with Crippen LogP contribution >= 0.6 is 0 Å². The zero-order chi connectivity index (χ0) is 18.1. The molecule has 0 bridgehead atoms. The van der Waals surface area contributed by atoms with Crippen LogP contribution in [0.5, 0.6) is 0 Å². The Morgan fingerprint density at radius 3 is 2.67 bits per heavy atom. The SMILES string of the molecule is CN(C)CCn1ccc(NC(=O)N2CC[C@@H](C(F)(F)F)C2(C)C)n1. The number of halogens is 3. The smallest absolute Gasteiger partial charge is 0.319 e. The number of carbonyl (C=O) groups is 1. The first-order valence-corrected chi connectivity index (χ1v) is 7.85. The van der Waals surface area contributed by atoms with E-state index in [4.69, 9.17) is 0 Å². The molecule has 2 rings (SSSR count). The highest BCUT2D eigenvalue weighted by atomic mass is 19.4. The molecule has 9 heteroatoms. The summed E-state index contributed by atoms with van der Waals surface area (Å²) >= 11 is 0. The molecule has 0 radical (unpaired) electrons. The number of nitrogens with zero attached hydrogens (tertiary/aromatic N) is 4. The van der Waals surface area contributed by atoms with Crippen molar-refractivity contribution < 1.29 is 18.0 Å². The second kappa shape index (κ2) is 6.62. The molecule has 0 aliphatic carbocycles. The van der Waals surface area contributed by atoms with Gasteiger partial charge in [0.05, 0.1) is 18.0 Å². The summed E-state index contributed by atoms with van der Waals surface area (Å²) in [6.45, 7) is 4.43. The molecule has 136 valence electrons. The van der Waals surface area contributed by atoms with Crippen molar-refractivity contribution in [1.29, 1.82) is 0 Å². The number of alkyl halides is 3. The van der Waals surface area contributed by atoms with Crippen molar-refractivity contribution in [2.24, 2.45) is 5.92 Å². The average molecular weight is 347 g/mol. The Kier molecular flexibility index (Phi) is 5.12. The fraction of sp³-hybridized carbons (Fsp3) is 0.733. The maximum absolute atomic E-state index is 13.1. The van der Waals surface area contributed by atoms with E-state index in [1.807, 2.05) is 19.0 Å². The Hall–Kier alpha value is -1.77. The van der Waals surface area contributed by atoms with Crippen LogP contribution in [0.2, 0.25) is 0 Å². The van der Waals surface area contributed by atoms with Crippen LogP contribution in [0.3, 0.4) is 0 Å². The third-order valence-electron chi connectivity index (χ3n) is 4.48. The lowest BCUT2D eigenvalue weighted by Gasteiger charge is -2.36. The number of likely N-dealkylation sites (N-methyl/N-ethyl adjacent to an activating group) is 1. The number of urea groups is 1. The maximum Gasteiger partial charge on any atom is 0.394 e. The van der Waals surface area contributed by atoms with Crippen molar-refractivity contribution in [2.45, 2.75) is 38.5 Å². The summed E-state index contributed by atoms with van der Waals surface area (Å²) in [5.74, 6) is -1.18. The molecule has 0 saturated carbocycles. The summed E-state index contributed by atoms with van der Waals surface area (Å²) in [7, 11) is 3.89. The van der Waals surface area contributed by atoms with Crippen molar-refractivity contribution in [3.8, 4) is 0 Å². The number of nitrogens with one attached hydrogen (secondary N) is 1. The molecule has 1 fully saturated rings.